The van der Waals surface area contributed by atoms with E-state index in [0.717, 1.165) is 17.7 Å². The number of para-hydroxylation sites is 1. The zero-order valence-corrected chi connectivity index (χ0v) is 18.6. The molecule has 0 aliphatic carbocycles. The van der Waals surface area contributed by atoms with Crippen molar-refractivity contribution in [2.75, 3.05) is 4.72 Å². The summed E-state index contributed by atoms with van der Waals surface area (Å²) in [6.07, 6.45) is 2.11. The van der Waals surface area contributed by atoms with Gasteiger partial charge in [-0.05, 0) is 42.3 Å². The van der Waals surface area contributed by atoms with Crippen molar-refractivity contribution in [2.45, 2.75) is 24.3 Å². The average molecular weight is 464 g/mol. The number of anilines is 1. The third kappa shape index (κ3) is 4.85. The molecule has 4 rings (SSSR count). The van der Waals surface area contributed by atoms with E-state index in [0.29, 0.717) is 17.3 Å². The zero-order chi connectivity index (χ0) is 23.4. The SMILES string of the molecule is CC[C@@H](NC(=O)c1cc(F)ccc1NS(=O)(=O)c1cccc2cccnc12)c1ccccc1. The van der Waals surface area contributed by atoms with Crippen LogP contribution in [0.25, 0.3) is 10.9 Å². The van der Waals surface area contributed by atoms with Gasteiger partial charge >= 0.3 is 0 Å². The van der Waals surface area contributed by atoms with Gasteiger partial charge in [0.05, 0.1) is 22.8 Å². The molecule has 33 heavy (non-hydrogen) atoms. The molecule has 0 unspecified atom stereocenters. The lowest BCUT2D eigenvalue weighted by Crippen LogP contribution is -2.29. The van der Waals surface area contributed by atoms with E-state index in [9.17, 15) is 17.6 Å². The van der Waals surface area contributed by atoms with Crippen LogP contribution in [0.4, 0.5) is 10.1 Å². The molecular formula is C25H22FN3O3S. The molecule has 0 bridgehead atoms. The Bertz CT molecular complexity index is 1400. The number of nitrogens with one attached hydrogen (secondary N) is 2. The van der Waals surface area contributed by atoms with Gasteiger partial charge in [0.15, 0.2) is 0 Å². The third-order valence-corrected chi connectivity index (χ3v) is 6.67. The number of pyridine rings is 1. The number of fused-ring (bicyclic) bond motifs is 1. The maximum Gasteiger partial charge on any atom is 0.264 e. The van der Waals surface area contributed by atoms with Gasteiger partial charge in [-0.1, -0.05) is 55.5 Å². The molecule has 168 valence electrons. The summed E-state index contributed by atoms with van der Waals surface area (Å²) >= 11 is 0. The van der Waals surface area contributed by atoms with Crippen molar-refractivity contribution in [3.05, 3.63) is 102 Å². The number of nitrogens with zero attached hydrogens (tertiary/aromatic N) is 1. The van der Waals surface area contributed by atoms with E-state index in [4.69, 9.17) is 0 Å². The lowest BCUT2D eigenvalue weighted by molar-refractivity contribution is 0.0936. The first-order valence-electron chi connectivity index (χ1n) is 10.4. The predicted molar refractivity (Wildman–Crippen MR) is 126 cm³/mol. The highest BCUT2D eigenvalue weighted by atomic mass is 32.2. The van der Waals surface area contributed by atoms with Gasteiger partial charge < -0.3 is 5.32 Å². The summed E-state index contributed by atoms with van der Waals surface area (Å²) in [5.74, 6) is -1.23. The molecule has 2 N–H and O–H groups in total. The van der Waals surface area contributed by atoms with Crippen LogP contribution in [0.3, 0.4) is 0 Å². The fourth-order valence-electron chi connectivity index (χ4n) is 3.63. The number of hydrogen-bond donors (Lipinski definition) is 2. The Hall–Kier alpha value is -3.78. The summed E-state index contributed by atoms with van der Waals surface area (Å²) in [5, 5.41) is 3.53. The Balaban J connectivity index is 1.68. The number of carbonyl (C=O) groups excluding carboxylic acids is 1. The molecule has 0 fully saturated rings. The minimum atomic E-state index is -4.11. The molecule has 0 saturated heterocycles. The van der Waals surface area contributed by atoms with Gasteiger partial charge in [-0.2, -0.15) is 0 Å². The smallest absolute Gasteiger partial charge is 0.264 e. The maximum atomic E-state index is 14.0. The van der Waals surface area contributed by atoms with Gasteiger partial charge in [-0.15, -0.1) is 0 Å². The van der Waals surface area contributed by atoms with Crippen LogP contribution in [-0.2, 0) is 10.0 Å². The van der Waals surface area contributed by atoms with E-state index >= 15 is 0 Å². The van der Waals surface area contributed by atoms with Crippen molar-refractivity contribution in [1.82, 2.24) is 10.3 Å². The minimum Gasteiger partial charge on any atom is -0.345 e. The second kappa shape index (κ2) is 9.38. The number of benzene rings is 3. The molecule has 3 aromatic carbocycles. The summed E-state index contributed by atoms with van der Waals surface area (Å²) in [7, 11) is -4.11. The van der Waals surface area contributed by atoms with E-state index in [1.165, 1.54) is 18.3 Å². The molecule has 1 heterocycles. The fraction of sp³-hybridized carbons (Fsp3) is 0.120. The molecule has 1 amide bonds. The number of amides is 1. The van der Waals surface area contributed by atoms with Crippen molar-refractivity contribution >= 4 is 32.5 Å². The number of hydrogen-bond acceptors (Lipinski definition) is 4. The van der Waals surface area contributed by atoms with Crippen molar-refractivity contribution in [2.24, 2.45) is 0 Å². The van der Waals surface area contributed by atoms with Gasteiger partial charge in [0.2, 0.25) is 0 Å². The Labute approximate surface area is 191 Å². The topological polar surface area (TPSA) is 88.2 Å². The minimum absolute atomic E-state index is 0.0234. The standard InChI is InChI=1S/C25H22FN3O3S/c1-2-21(17-8-4-3-5-9-17)28-25(30)20-16-19(26)13-14-22(20)29-33(31,32)23-12-6-10-18-11-7-15-27-24(18)23/h3-16,21,29H,2H2,1H3,(H,28,30)/t21-/m1/s1. The highest BCUT2D eigenvalue weighted by Gasteiger charge is 2.23. The number of carbonyl (C=O) groups is 1. The number of sulfonamides is 1. The zero-order valence-electron chi connectivity index (χ0n) is 17.8. The number of aromatic nitrogens is 1. The molecule has 0 aliphatic rings. The van der Waals surface area contributed by atoms with Gasteiger partial charge in [0.25, 0.3) is 15.9 Å². The maximum absolute atomic E-state index is 14.0. The molecule has 6 nitrogen and oxygen atoms in total. The van der Waals surface area contributed by atoms with Crippen molar-refractivity contribution in [1.29, 1.82) is 0 Å². The van der Waals surface area contributed by atoms with Crippen LogP contribution in [0.1, 0.15) is 35.3 Å². The van der Waals surface area contributed by atoms with Gasteiger partial charge in [0.1, 0.15) is 10.7 Å². The number of rotatable bonds is 7. The van der Waals surface area contributed by atoms with Gasteiger partial charge in [0, 0.05) is 11.6 Å². The summed E-state index contributed by atoms with van der Waals surface area (Å²) in [4.78, 5) is 17.2. The van der Waals surface area contributed by atoms with Gasteiger partial charge in [-0.25, -0.2) is 12.8 Å². The molecule has 1 atom stereocenters. The van der Waals surface area contributed by atoms with Crippen LogP contribution in [0.5, 0.6) is 0 Å². The van der Waals surface area contributed by atoms with E-state index < -0.39 is 21.7 Å². The molecule has 8 heteroatoms. The third-order valence-electron chi connectivity index (χ3n) is 5.27. The molecule has 0 spiro atoms. The van der Waals surface area contributed by atoms with Crippen molar-refractivity contribution in [3.63, 3.8) is 0 Å². The van der Waals surface area contributed by atoms with Crippen LogP contribution in [-0.4, -0.2) is 19.3 Å². The van der Waals surface area contributed by atoms with Crippen LogP contribution >= 0.6 is 0 Å². The Morgan fingerprint density at radius 2 is 1.76 bits per heavy atom. The normalized spacial score (nSPS) is 12.3. The fourth-order valence-corrected chi connectivity index (χ4v) is 4.89. The Morgan fingerprint density at radius 1 is 1.00 bits per heavy atom. The van der Waals surface area contributed by atoms with E-state index in [1.54, 1.807) is 24.3 Å². The van der Waals surface area contributed by atoms with E-state index in [2.05, 4.69) is 15.0 Å². The molecule has 1 aromatic heterocycles. The van der Waals surface area contributed by atoms with Crippen LogP contribution in [0.15, 0.2) is 90.0 Å². The van der Waals surface area contributed by atoms with E-state index in [1.807, 2.05) is 37.3 Å². The molecule has 0 saturated carbocycles. The van der Waals surface area contributed by atoms with E-state index in [-0.39, 0.29) is 22.2 Å². The van der Waals surface area contributed by atoms with Crippen LogP contribution < -0.4 is 10.0 Å². The quantitative estimate of drug-likeness (QED) is 0.401. The highest BCUT2D eigenvalue weighted by molar-refractivity contribution is 7.93. The monoisotopic (exact) mass is 463 g/mol. The van der Waals surface area contributed by atoms with Crippen molar-refractivity contribution in [3.8, 4) is 0 Å². The van der Waals surface area contributed by atoms with Crippen molar-refractivity contribution < 1.29 is 17.6 Å². The second-order valence-electron chi connectivity index (χ2n) is 7.47. The first-order valence-corrected chi connectivity index (χ1v) is 11.9. The molecule has 4 aromatic rings. The Kier molecular flexibility index (Phi) is 6.37. The summed E-state index contributed by atoms with van der Waals surface area (Å²) in [6, 6.07) is 20.7. The highest BCUT2D eigenvalue weighted by Crippen LogP contribution is 2.26. The summed E-state index contributed by atoms with van der Waals surface area (Å²) in [5.41, 5.74) is 1.07. The first-order chi connectivity index (χ1) is 15.9. The second-order valence-corrected chi connectivity index (χ2v) is 9.12. The lowest BCUT2D eigenvalue weighted by Gasteiger charge is -2.19. The van der Waals surface area contributed by atoms with Crippen LogP contribution in [0.2, 0.25) is 0 Å². The molecule has 0 radical (unpaired) electrons. The summed E-state index contributed by atoms with van der Waals surface area (Å²) in [6.45, 7) is 1.92. The average Bonchev–Trinajstić information content (AvgIpc) is 2.83. The first kappa shape index (κ1) is 22.4. The van der Waals surface area contributed by atoms with Gasteiger partial charge in [-0.3, -0.25) is 14.5 Å². The molecular weight excluding hydrogens is 441 g/mol. The molecule has 0 aliphatic heterocycles. The Morgan fingerprint density at radius 3 is 2.52 bits per heavy atom. The predicted octanol–water partition coefficient (Wildman–Crippen LogP) is 5.06. The lowest BCUT2D eigenvalue weighted by atomic mass is 10.0. The van der Waals surface area contributed by atoms with Crippen LogP contribution in [0, 0.1) is 5.82 Å². The number of halogens is 1. The largest absolute Gasteiger partial charge is 0.345 e. The summed E-state index contributed by atoms with van der Waals surface area (Å²) < 4.78 is 42.9.